The molecule has 19 heavy (non-hydrogen) atoms. The molecule has 6 nitrogen and oxygen atoms in total. The van der Waals surface area contributed by atoms with Crippen LogP contribution < -0.4 is 5.32 Å². The van der Waals surface area contributed by atoms with Crippen molar-refractivity contribution in [1.82, 2.24) is 0 Å². The summed E-state index contributed by atoms with van der Waals surface area (Å²) in [5, 5.41) is 21.0. The number of carbonyl (C=O) groups is 2. The maximum Gasteiger partial charge on any atom is 0.339 e. The Hall–Kier alpha value is -1.73. The lowest BCUT2D eigenvalue weighted by Crippen LogP contribution is -2.15. The zero-order valence-electron chi connectivity index (χ0n) is 10.4. The molecule has 1 aromatic carbocycles. The van der Waals surface area contributed by atoms with E-state index in [0.29, 0.717) is 12.4 Å². The van der Waals surface area contributed by atoms with E-state index in [1.165, 1.54) is 30.0 Å². The fourth-order valence-corrected chi connectivity index (χ4v) is 2.00. The summed E-state index contributed by atoms with van der Waals surface area (Å²) in [5.41, 5.74) is -0.151. The molecule has 0 aliphatic rings. The van der Waals surface area contributed by atoms with Gasteiger partial charge < -0.3 is 20.3 Å². The predicted octanol–water partition coefficient (Wildman–Crippen LogP) is 1.41. The van der Waals surface area contributed by atoms with E-state index in [2.05, 4.69) is 5.32 Å². The second kappa shape index (κ2) is 7.65. The lowest BCUT2D eigenvalue weighted by Gasteiger charge is -2.08. The molecule has 0 unspecified atom stereocenters. The molecule has 104 valence electrons. The molecule has 0 aliphatic carbocycles. The number of hydrogen-bond acceptors (Lipinski definition) is 5. The van der Waals surface area contributed by atoms with Crippen LogP contribution in [0.2, 0.25) is 0 Å². The molecule has 0 saturated carbocycles. The van der Waals surface area contributed by atoms with Crippen molar-refractivity contribution < 1.29 is 24.5 Å². The fraction of sp³-hybridized carbons (Fsp3) is 0.333. The third kappa shape index (κ3) is 4.80. The zero-order valence-corrected chi connectivity index (χ0v) is 11.2. The number of aromatic hydroxyl groups is 1. The van der Waals surface area contributed by atoms with Crippen LogP contribution in [0.25, 0.3) is 0 Å². The number of amides is 1. The smallest absolute Gasteiger partial charge is 0.339 e. The van der Waals surface area contributed by atoms with Crippen LogP contribution in [0.5, 0.6) is 5.75 Å². The number of methoxy groups -OCH3 is 1. The molecule has 0 fully saturated rings. The molecule has 0 saturated heterocycles. The fourth-order valence-electron chi connectivity index (χ4n) is 1.31. The van der Waals surface area contributed by atoms with Gasteiger partial charge in [-0.25, -0.2) is 4.79 Å². The zero-order chi connectivity index (χ0) is 14.3. The van der Waals surface area contributed by atoms with E-state index >= 15 is 0 Å². The van der Waals surface area contributed by atoms with Gasteiger partial charge in [0, 0.05) is 12.9 Å². The number of carboxylic acids is 1. The number of aromatic carboxylic acids is 1. The summed E-state index contributed by atoms with van der Waals surface area (Å²) in [6, 6.07) is 4.16. The molecular formula is C12H15NO5S. The number of phenols is 1. The second-order valence-corrected chi connectivity index (χ2v) is 4.71. The standard InChI is InChI=1S/C12H15NO5S/c1-18-5-6-19-7-10(14)13-9-4-2-3-8(11(9)15)12(16)17/h2-4,15H,5-7H2,1H3,(H,13,14)(H,16,17). The van der Waals surface area contributed by atoms with Gasteiger partial charge >= 0.3 is 5.97 Å². The van der Waals surface area contributed by atoms with E-state index in [-0.39, 0.29) is 22.9 Å². The van der Waals surface area contributed by atoms with Crippen molar-refractivity contribution >= 4 is 29.3 Å². The quantitative estimate of drug-likeness (QED) is 0.518. The minimum Gasteiger partial charge on any atom is -0.505 e. The molecule has 7 heteroatoms. The largest absolute Gasteiger partial charge is 0.505 e. The molecular weight excluding hydrogens is 270 g/mol. The molecule has 0 aliphatic heterocycles. The Bertz CT molecular complexity index is 463. The summed E-state index contributed by atoms with van der Waals surface area (Å²) >= 11 is 1.39. The highest BCUT2D eigenvalue weighted by Gasteiger charge is 2.14. The van der Waals surface area contributed by atoms with E-state index < -0.39 is 11.7 Å². The minimum atomic E-state index is -1.25. The number of para-hydroxylation sites is 1. The van der Waals surface area contributed by atoms with Gasteiger partial charge in [0.05, 0.1) is 18.0 Å². The van der Waals surface area contributed by atoms with Gasteiger partial charge in [0.25, 0.3) is 0 Å². The van der Waals surface area contributed by atoms with Gasteiger partial charge in [-0.2, -0.15) is 0 Å². The van der Waals surface area contributed by atoms with E-state index in [9.17, 15) is 14.7 Å². The number of ether oxygens (including phenoxy) is 1. The Morgan fingerprint density at radius 1 is 1.42 bits per heavy atom. The summed E-state index contributed by atoms with van der Waals surface area (Å²) < 4.78 is 4.85. The van der Waals surface area contributed by atoms with Crippen molar-refractivity contribution in [3.63, 3.8) is 0 Å². The number of benzene rings is 1. The summed E-state index contributed by atoms with van der Waals surface area (Å²) in [5.74, 6) is -1.10. The number of carbonyl (C=O) groups excluding carboxylic acids is 1. The third-order valence-corrected chi connectivity index (χ3v) is 3.13. The van der Waals surface area contributed by atoms with Gasteiger partial charge in [-0.3, -0.25) is 4.79 Å². The maximum atomic E-state index is 11.6. The first-order valence-electron chi connectivity index (χ1n) is 5.48. The van der Waals surface area contributed by atoms with Crippen molar-refractivity contribution in [1.29, 1.82) is 0 Å². The number of carboxylic acid groups (broad SMARTS) is 1. The monoisotopic (exact) mass is 285 g/mol. The lowest BCUT2D eigenvalue weighted by molar-refractivity contribution is -0.113. The van der Waals surface area contributed by atoms with Crippen molar-refractivity contribution in [2.45, 2.75) is 0 Å². The molecule has 0 heterocycles. The SMILES string of the molecule is COCCSCC(=O)Nc1cccc(C(=O)O)c1O. The van der Waals surface area contributed by atoms with E-state index in [1.807, 2.05) is 0 Å². The Kier molecular flexibility index (Phi) is 6.17. The molecule has 0 atom stereocenters. The first-order chi connectivity index (χ1) is 9.06. The van der Waals surface area contributed by atoms with Crippen molar-refractivity contribution in [2.75, 3.05) is 30.5 Å². The molecule has 0 radical (unpaired) electrons. The second-order valence-electron chi connectivity index (χ2n) is 3.60. The summed E-state index contributed by atoms with van der Waals surface area (Å²) in [6.07, 6.45) is 0. The van der Waals surface area contributed by atoms with Gasteiger partial charge in [-0.15, -0.1) is 11.8 Å². The van der Waals surface area contributed by atoms with Crippen LogP contribution >= 0.6 is 11.8 Å². The molecule has 1 amide bonds. The summed E-state index contributed by atoms with van der Waals surface area (Å²) in [4.78, 5) is 22.4. The van der Waals surface area contributed by atoms with E-state index in [4.69, 9.17) is 9.84 Å². The van der Waals surface area contributed by atoms with Crippen LogP contribution in [-0.2, 0) is 9.53 Å². The van der Waals surface area contributed by atoms with Crippen LogP contribution in [0.3, 0.4) is 0 Å². The van der Waals surface area contributed by atoms with Gasteiger partial charge in [0.2, 0.25) is 5.91 Å². The van der Waals surface area contributed by atoms with Crippen LogP contribution in [0.4, 0.5) is 5.69 Å². The topological polar surface area (TPSA) is 95.9 Å². The first kappa shape index (κ1) is 15.3. The minimum absolute atomic E-state index is 0.0947. The Labute approximate surface area is 114 Å². The lowest BCUT2D eigenvalue weighted by atomic mass is 10.1. The van der Waals surface area contributed by atoms with E-state index in [1.54, 1.807) is 7.11 Å². The van der Waals surface area contributed by atoms with E-state index in [0.717, 1.165) is 0 Å². The van der Waals surface area contributed by atoms with Gasteiger partial charge in [0.1, 0.15) is 5.56 Å². The first-order valence-corrected chi connectivity index (χ1v) is 6.63. The van der Waals surface area contributed by atoms with Crippen LogP contribution in [-0.4, -0.2) is 47.3 Å². The highest BCUT2D eigenvalue weighted by Crippen LogP contribution is 2.27. The average molecular weight is 285 g/mol. The highest BCUT2D eigenvalue weighted by molar-refractivity contribution is 7.99. The Balaban J connectivity index is 2.59. The maximum absolute atomic E-state index is 11.6. The molecule has 3 N–H and O–H groups in total. The average Bonchev–Trinajstić information content (AvgIpc) is 2.37. The summed E-state index contributed by atoms with van der Waals surface area (Å²) in [6.45, 7) is 0.553. The molecule has 0 spiro atoms. The number of thioether (sulfide) groups is 1. The summed E-state index contributed by atoms with van der Waals surface area (Å²) in [7, 11) is 1.58. The van der Waals surface area contributed by atoms with Gasteiger partial charge in [-0.1, -0.05) is 6.07 Å². The van der Waals surface area contributed by atoms with Gasteiger partial charge in [-0.05, 0) is 12.1 Å². The number of anilines is 1. The molecule has 1 aromatic rings. The highest BCUT2D eigenvalue weighted by atomic mass is 32.2. The predicted molar refractivity (Wildman–Crippen MR) is 72.9 cm³/mol. The Morgan fingerprint density at radius 2 is 2.16 bits per heavy atom. The number of rotatable bonds is 7. The van der Waals surface area contributed by atoms with Crippen molar-refractivity contribution in [3.8, 4) is 5.75 Å². The molecule has 0 aromatic heterocycles. The van der Waals surface area contributed by atoms with Crippen molar-refractivity contribution in [2.24, 2.45) is 0 Å². The van der Waals surface area contributed by atoms with Gasteiger partial charge in [0.15, 0.2) is 5.75 Å². The van der Waals surface area contributed by atoms with Crippen LogP contribution in [0.1, 0.15) is 10.4 Å². The number of hydrogen-bond donors (Lipinski definition) is 3. The number of nitrogens with one attached hydrogen (secondary N) is 1. The normalized spacial score (nSPS) is 10.2. The third-order valence-electron chi connectivity index (χ3n) is 2.21. The van der Waals surface area contributed by atoms with Crippen molar-refractivity contribution in [3.05, 3.63) is 23.8 Å². The van der Waals surface area contributed by atoms with Crippen LogP contribution in [0, 0.1) is 0 Å². The molecule has 1 rings (SSSR count). The van der Waals surface area contributed by atoms with Crippen LogP contribution in [0.15, 0.2) is 18.2 Å². The Morgan fingerprint density at radius 3 is 2.79 bits per heavy atom. The molecule has 0 bridgehead atoms.